The van der Waals surface area contributed by atoms with Crippen LogP contribution >= 0.6 is 0 Å². The molecule has 1 aromatic rings. The monoisotopic (exact) mass is 304 g/mol. The van der Waals surface area contributed by atoms with E-state index in [4.69, 9.17) is 5.11 Å². The van der Waals surface area contributed by atoms with Crippen LogP contribution in [0.5, 0.6) is 0 Å². The maximum atomic E-state index is 11.1. The van der Waals surface area contributed by atoms with E-state index in [1.807, 2.05) is 6.92 Å². The average Bonchev–Trinajstić information content (AvgIpc) is 2.55. The minimum absolute atomic E-state index is 0.208. The maximum absolute atomic E-state index is 11.1. The molecule has 2 fully saturated rings. The van der Waals surface area contributed by atoms with Crippen molar-refractivity contribution in [3.63, 3.8) is 0 Å². The Labute approximate surface area is 131 Å². The number of carboxylic acid groups (broad SMARTS) is 1. The molecular formula is C16H24N4O2. The van der Waals surface area contributed by atoms with Crippen molar-refractivity contribution in [1.82, 2.24) is 9.97 Å². The predicted molar refractivity (Wildman–Crippen MR) is 85.4 cm³/mol. The number of aromatic nitrogens is 2. The number of rotatable bonds is 3. The van der Waals surface area contributed by atoms with Crippen LogP contribution in [0.15, 0.2) is 6.07 Å². The Kier molecular flexibility index (Phi) is 4.45. The molecule has 6 nitrogen and oxygen atoms in total. The van der Waals surface area contributed by atoms with Crippen LogP contribution < -0.4 is 9.80 Å². The molecule has 2 aliphatic rings. The van der Waals surface area contributed by atoms with E-state index in [1.165, 1.54) is 19.3 Å². The van der Waals surface area contributed by atoms with Gasteiger partial charge in [0.2, 0.25) is 0 Å². The molecule has 0 atom stereocenters. The van der Waals surface area contributed by atoms with E-state index < -0.39 is 5.97 Å². The van der Waals surface area contributed by atoms with Gasteiger partial charge in [-0.1, -0.05) is 0 Å². The van der Waals surface area contributed by atoms with Crippen LogP contribution in [-0.2, 0) is 4.79 Å². The zero-order valence-electron chi connectivity index (χ0n) is 13.2. The number of anilines is 2. The Bertz CT molecular complexity index is 535. The van der Waals surface area contributed by atoms with Crippen molar-refractivity contribution >= 4 is 17.6 Å². The summed E-state index contributed by atoms with van der Waals surface area (Å²) in [6, 6.07) is 2.07. The van der Waals surface area contributed by atoms with E-state index in [9.17, 15) is 4.79 Å². The molecule has 0 amide bonds. The molecule has 3 heterocycles. The lowest BCUT2D eigenvalue weighted by Crippen LogP contribution is -2.37. The van der Waals surface area contributed by atoms with Gasteiger partial charge in [-0.25, -0.2) is 9.97 Å². The second kappa shape index (κ2) is 6.50. The standard InChI is InChI=1S/C16H24N4O2/c1-12-17-14(19-7-3-2-4-8-19)11-15(18-12)20-9-5-13(6-10-20)16(21)22/h11,13H,2-10H2,1H3,(H,21,22). The summed E-state index contributed by atoms with van der Waals surface area (Å²) in [7, 11) is 0. The summed E-state index contributed by atoms with van der Waals surface area (Å²) in [5.74, 6) is 1.87. The number of hydrogen-bond donors (Lipinski definition) is 1. The molecule has 0 aliphatic carbocycles. The van der Waals surface area contributed by atoms with Crippen LogP contribution in [0.25, 0.3) is 0 Å². The van der Waals surface area contributed by atoms with Gasteiger partial charge in [0.25, 0.3) is 0 Å². The lowest BCUT2D eigenvalue weighted by atomic mass is 9.97. The highest BCUT2D eigenvalue weighted by Gasteiger charge is 2.26. The Morgan fingerprint density at radius 3 is 2.14 bits per heavy atom. The number of aryl methyl sites for hydroxylation is 1. The largest absolute Gasteiger partial charge is 0.481 e. The number of carbonyl (C=O) groups is 1. The van der Waals surface area contributed by atoms with Crippen LogP contribution in [0.2, 0.25) is 0 Å². The second-order valence-electron chi connectivity index (χ2n) is 6.28. The number of carboxylic acids is 1. The molecule has 2 aliphatic heterocycles. The third kappa shape index (κ3) is 3.31. The molecule has 0 unspecified atom stereocenters. The number of piperidine rings is 2. The fourth-order valence-corrected chi connectivity index (χ4v) is 3.34. The molecule has 0 radical (unpaired) electrons. The summed E-state index contributed by atoms with van der Waals surface area (Å²) in [5, 5.41) is 9.10. The van der Waals surface area contributed by atoms with E-state index in [0.29, 0.717) is 12.8 Å². The lowest BCUT2D eigenvalue weighted by Gasteiger charge is -2.33. The Hall–Kier alpha value is -1.85. The molecule has 0 aromatic carbocycles. The molecule has 2 saturated heterocycles. The highest BCUT2D eigenvalue weighted by atomic mass is 16.4. The second-order valence-corrected chi connectivity index (χ2v) is 6.28. The lowest BCUT2D eigenvalue weighted by molar-refractivity contribution is -0.142. The molecule has 120 valence electrons. The fourth-order valence-electron chi connectivity index (χ4n) is 3.34. The van der Waals surface area contributed by atoms with E-state index in [-0.39, 0.29) is 5.92 Å². The molecule has 0 bridgehead atoms. The van der Waals surface area contributed by atoms with Crippen molar-refractivity contribution < 1.29 is 9.90 Å². The predicted octanol–water partition coefficient (Wildman–Crippen LogP) is 2.08. The van der Waals surface area contributed by atoms with Crippen molar-refractivity contribution in [3.8, 4) is 0 Å². The highest BCUT2D eigenvalue weighted by molar-refractivity contribution is 5.70. The van der Waals surface area contributed by atoms with Gasteiger partial charge in [-0.15, -0.1) is 0 Å². The van der Waals surface area contributed by atoms with Crippen molar-refractivity contribution in [2.75, 3.05) is 36.0 Å². The van der Waals surface area contributed by atoms with Gasteiger partial charge in [-0.3, -0.25) is 4.79 Å². The van der Waals surface area contributed by atoms with Gasteiger partial charge in [0.15, 0.2) is 0 Å². The SMILES string of the molecule is Cc1nc(N2CCCCC2)cc(N2CCC(C(=O)O)CC2)n1. The molecular weight excluding hydrogens is 280 g/mol. The first-order valence-corrected chi connectivity index (χ1v) is 8.22. The quantitative estimate of drug-likeness (QED) is 0.922. The summed E-state index contributed by atoms with van der Waals surface area (Å²) in [6.45, 7) is 5.58. The molecule has 6 heteroatoms. The number of aliphatic carboxylic acids is 1. The van der Waals surface area contributed by atoms with E-state index in [0.717, 1.165) is 43.6 Å². The van der Waals surface area contributed by atoms with Crippen molar-refractivity contribution in [3.05, 3.63) is 11.9 Å². The Morgan fingerprint density at radius 1 is 1.05 bits per heavy atom. The van der Waals surface area contributed by atoms with Gasteiger partial charge in [-0.05, 0) is 39.0 Å². The van der Waals surface area contributed by atoms with Gasteiger partial charge in [0.05, 0.1) is 5.92 Å². The topological polar surface area (TPSA) is 69.6 Å². The fraction of sp³-hybridized carbons (Fsp3) is 0.688. The van der Waals surface area contributed by atoms with Gasteiger partial charge in [0.1, 0.15) is 17.5 Å². The van der Waals surface area contributed by atoms with Gasteiger partial charge in [-0.2, -0.15) is 0 Å². The average molecular weight is 304 g/mol. The Morgan fingerprint density at radius 2 is 1.59 bits per heavy atom. The number of nitrogens with zero attached hydrogens (tertiary/aromatic N) is 4. The molecule has 1 N–H and O–H groups in total. The maximum Gasteiger partial charge on any atom is 0.306 e. The summed E-state index contributed by atoms with van der Waals surface area (Å²) in [6.07, 6.45) is 5.13. The van der Waals surface area contributed by atoms with Crippen LogP contribution in [0.1, 0.15) is 37.9 Å². The zero-order valence-corrected chi connectivity index (χ0v) is 13.2. The minimum atomic E-state index is -0.674. The van der Waals surface area contributed by atoms with Crippen molar-refractivity contribution in [1.29, 1.82) is 0 Å². The van der Waals surface area contributed by atoms with Crippen molar-refractivity contribution in [2.45, 2.75) is 39.0 Å². The summed E-state index contributed by atoms with van der Waals surface area (Å²) >= 11 is 0. The molecule has 0 spiro atoms. The molecule has 22 heavy (non-hydrogen) atoms. The normalized spacial score (nSPS) is 20.2. The summed E-state index contributed by atoms with van der Waals surface area (Å²) in [4.78, 5) is 24.7. The minimum Gasteiger partial charge on any atom is -0.481 e. The van der Waals surface area contributed by atoms with Gasteiger partial charge < -0.3 is 14.9 Å². The van der Waals surface area contributed by atoms with E-state index >= 15 is 0 Å². The first-order valence-electron chi connectivity index (χ1n) is 8.22. The van der Waals surface area contributed by atoms with Gasteiger partial charge >= 0.3 is 5.97 Å². The van der Waals surface area contributed by atoms with E-state index in [2.05, 4.69) is 25.8 Å². The first kappa shape index (κ1) is 15.1. The highest BCUT2D eigenvalue weighted by Crippen LogP contribution is 2.26. The van der Waals surface area contributed by atoms with Gasteiger partial charge in [0, 0.05) is 32.2 Å². The smallest absolute Gasteiger partial charge is 0.306 e. The molecule has 3 rings (SSSR count). The first-order chi connectivity index (χ1) is 10.6. The van der Waals surface area contributed by atoms with Crippen LogP contribution in [0, 0.1) is 12.8 Å². The summed E-state index contributed by atoms with van der Waals surface area (Å²) in [5.41, 5.74) is 0. The summed E-state index contributed by atoms with van der Waals surface area (Å²) < 4.78 is 0. The van der Waals surface area contributed by atoms with E-state index in [1.54, 1.807) is 0 Å². The number of hydrogen-bond acceptors (Lipinski definition) is 5. The van der Waals surface area contributed by atoms with Crippen molar-refractivity contribution in [2.24, 2.45) is 5.92 Å². The molecule has 1 aromatic heterocycles. The third-order valence-corrected chi connectivity index (χ3v) is 4.66. The molecule has 0 saturated carbocycles. The van der Waals surface area contributed by atoms with Crippen LogP contribution in [-0.4, -0.2) is 47.2 Å². The van der Waals surface area contributed by atoms with Crippen LogP contribution in [0.3, 0.4) is 0 Å². The van der Waals surface area contributed by atoms with Crippen LogP contribution in [0.4, 0.5) is 11.6 Å². The third-order valence-electron chi connectivity index (χ3n) is 4.66. The zero-order chi connectivity index (χ0) is 15.5. The Balaban J connectivity index is 1.74.